The van der Waals surface area contributed by atoms with Gasteiger partial charge in [0.15, 0.2) is 0 Å². The lowest BCUT2D eigenvalue weighted by Gasteiger charge is -2.37. The Labute approximate surface area is 179 Å². The molecule has 9 nitrogen and oxygen atoms in total. The number of nitrogens with one attached hydrogen (secondary N) is 1. The Morgan fingerprint density at radius 1 is 1.23 bits per heavy atom. The molecule has 1 aromatic carbocycles. The average molecular weight is 437 g/mol. The van der Waals surface area contributed by atoms with Crippen LogP contribution in [0.5, 0.6) is 0 Å². The SMILES string of the molecule is COC(=O)C1=C(Nc2cccc(Cl)c2N2CCN(C(C)=O)CC2)C(=O)N(CCO)C1. The molecular formula is C20H25ClN4O5. The van der Waals surface area contributed by atoms with Gasteiger partial charge < -0.3 is 29.9 Å². The molecule has 3 rings (SSSR count). The summed E-state index contributed by atoms with van der Waals surface area (Å²) in [5.74, 6) is -0.970. The fourth-order valence-electron chi connectivity index (χ4n) is 3.67. The number of hydrogen-bond donors (Lipinski definition) is 2. The Kier molecular flexibility index (Phi) is 6.84. The van der Waals surface area contributed by atoms with E-state index in [9.17, 15) is 19.5 Å². The fourth-order valence-corrected chi connectivity index (χ4v) is 3.96. The molecule has 10 heteroatoms. The number of carbonyl (C=O) groups excluding carboxylic acids is 3. The maximum Gasteiger partial charge on any atom is 0.337 e. The summed E-state index contributed by atoms with van der Waals surface area (Å²) < 4.78 is 4.83. The van der Waals surface area contributed by atoms with E-state index in [1.807, 2.05) is 4.90 Å². The van der Waals surface area contributed by atoms with Crippen LogP contribution in [-0.2, 0) is 19.1 Å². The first-order chi connectivity index (χ1) is 14.4. The zero-order valence-corrected chi connectivity index (χ0v) is 17.7. The lowest BCUT2D eigenvalue weighted by Crippen LogP contribution is -2.48. The minimum atomic E-state index is -0.607. The van der Waals surface area contributed by atoms with Gasteiger partial charge in [-0.1, -0.05) is 17.7 Å². The van der Waals surface area contributed by atoms with Crippen LogP contribution in [0, 0.1) is 0 Å². The summed E-state index contributed by atoms with van der Waals surface area (Å²) in [6, 6.07) is 5.29. The van der Waals surface area contributed by atoms with Crippen molar-refractivity contribution >= 4 is 40.8 Å². The first-order valence-electron chi connectivity index (χ1n) is 9.65. The largest absolute Gasteiger partial charge is 0.466 e. The Hall–Kier alpha value is -2.78. The number of esters is 1. The smallest absolute Gasteiger partial charge is 0.337 e. The highest BCUT2D eigenvalue weighted by atomic mass is 35.5. The maximum atomic E-state index is 12.8. The van der Waals surface area contributed by atoms with Gasteiger partial charge >= 0.3 is 5.97 Å². The molecule has 2 N–H and O–H groups in total. The molecule has 0 saturated carbocycles. The number of piperazine rings is 1. The number of halogens is 1. The summed E-state index contributed by atoms with van der Waals surface area (Å²) in [4.78, 5) is 41.9. The molecule has 2 aliphatic heterocycles. The second kappa shape index (κ2) is 9.36. The van der Waals surface area contributed by atoms with E-state index < -0.39 is 11.9 Å². The quantitative estimate of drug-likeness (QED) is 0.632. The van der Waals surface area contributed by atoms with Gasteiger partial charge in [-0.15, -0.1) is 0 Å². The topological polar surface area (TPSA) is 102 Å². The monoisotopic (exact) mass is 436 g/mol. The van der Waals surface area contributed by atoms with Crippen LogP contribution in [-0.4, -0.2) is 85.7 Å². The van der Waals surface area contributed by atoms with Crippen LogP contribution < -0.4 is 10.2 Å². The van der Waals surface area contributed by atoms with Crippen LogP contribution >= 0.6 is 11.6 Å². The molecule has 0 spiro atoms. The van der Waals surface area contributed by atoms with Gasteiger partial charge in [0.05, 0.1) is 42.2 Å². The van der Waals surface area contributed by atoms with Gasteiger partial charge in [0, 0.05) is 39.6 Å². The Bertz CT molecular complexity index is 880. The highest BCUT2D eigenvalue weighted by Gasteiger charge is 2.35. The average Bonchev–Trinajstić information content (AvgIpc) is 3.03. The number of carbonyl (C=O) groups is 3. The van der Waals surface area contributed by atoms with Crippen LogP contribution in [0.15, 0.2) is 29.5 Å². The third-order valence-corrected chi connectivity index (χ3v) is 5.55. The molecule has 0 atom stereocenters. The van der Waals surface area contributed by atoms with E-state index in [-0.39, 0.29) is 36.9 Å². The third kappa shape index (κ3) is 4.36. The van der Waals surface area contributed by atoms with Crippen molar-refractivity contribution in [1.29, 1.82) is 0 Å². The van der Waals surface area contributed by atoms with Crippen molar-refractivity contribution in [1.82, 2.24) is 9.80 Å². The first-order valence-corrected chi connectivity index (χ1v) is 10.0. The lowest BCUT2D eigenvalue weighted by molar-refractivity contribution is -0.136. The van der Waals surface area contributed by atoms with E-state index in [4.69, 9.17) is 16.3 Å². The van der Waals surface area contributed by atoms with Crippen molar-refractivity contribution in [2.45, 2.75) is 6.92 Å². The van der Waals surface area contributed by atoms with Gasteiger partial charge in [-0.05, 0) is 12.1 Å². The van der Waals surface area contributed by atoms with Crippen LogP contribution in [0.1, 0.15) is 6.92 Å². The van der Waals surface area contributed by atoms with E-state index in [1.54, 1.807) is 30.0 Å². The fraction of sp³-hybridized carbons (Fsp3) is 0.450. The van der Waals surface area contributed by atoms with Crippen molar-refractivity contribution in [3.8, 4) is 0 Å². The first kappa shape index (κ1) is 21.9. The molecule has 2 heterocycles. The number of amides is 2. The zero-order chi connectivity index (χ0) is 21.8. The van der Waals surface area contributed by atoms with Gasteiger partial charge in [0.1, 0.15) is 5.70 Å². The number of aliphatic hydroxyl groups is 1. The summed E-state index contributed by atoms with van der Waals surface area (Å²) in [6.45, 7) is 3.82. The standard InChI is InChI=1S/C20H25ClN4O5/c1-13(27)23-6-8-24(9-7-23)18-15(21)4-3-5-16(18)22-17-14(20(29)30-2)12-25(10-11-26)19(17)28/h3-5,22,26H,6-12H2,1-2H3. The predicted molar refractivity (Wildman–Crippen MR) is 112 cm³/mol. The van der Waals surface area contributed by atoms with Crippen molar-refractivity contribution in [2.75, 3.05) is 63.2 Å². The second-order valence-corrected chi connectivity index (χ2v) is 7.46. The number of hydrogen-bond acceptors (Lipinski definition) is 7. The van der Waals surface area contributed by atoms with Crippen molar-refractivity contribution < 1.29 is 24.2 Å². The molecule has 2 amide bonds. The number of benzene rings is 1. The molecule has 0 radical (unpaired) electrons. The van der Waals surface area contributed by atoms with Gasteiger partial charge in [-0.2, -0.15) is 0 Å². The molecule has 0 unspecified atom stereocenters. The minimum Gasteiger partial charge on any atom is -0.466 e. The van der Waals surface area contributed by atoms with Gasteiger partial charge in [-0.25, -0.2) is 4.79 Å². The lowest BCUT2D eigenvalue weighted by atomic mass is 10.1. The summed E-state index contributed by atoms with van der Waals surface area (Å²) in [5.41, 5.74) is 1.59. The highest BCUT2D eigenvalue weighted by Crippen LogP contribution is 2.36. The molecule has 162 valence electrons. The number of anilines is 2. The van der Waals surface area contributed by atoms with Crippen molar-refractivity contribution in [3.63, 3.8) is 0 Å². The molecule has 1 aromatic rings. The van der Waals surface area contributed by atoms with Gasteiger partial charge in [0.2, 0.25) is 5.91 Å². The normalized spacial score (nSPS) is 16.9. The molecule has 1 saturated heterocycles. The number of rotatable bonds is 6. The maximum absolute atomic E-state index is 12.8. The molecule has 1 fully saturated rings. The number of ether oxygens (including phenoxy) is 1. The molecule has 0 aliphatic carbocycles. The van der Waals surface area contributed by atoms with Crippen LogP contribution in [0.25, 0.3) is 0 Å². The van der Waals surface area contributed by atoms with E-state index in [2.05, 4.69) is 5.32 Å². The Balaban J connectivity index is 1.91. The van der Waals surface area contributed by atoms with E-state index >= 15 is 0 Å². The number of nitrogens with zero attached hydrogens (tertiary/aromatic N) is 3. The van der Waals surface area contributed by atoms with Gasteiger partial charge in [0.25, 0.3) is 5.91 Å². The Morgan fingerprint density at radius 2 is 1.93 bits per heavy atom. The summed E-state index contributed by atoms with van der Waals surface area (Å²) >= 11 is 6.49. The molecular weight excluding hydrogens is 412 g/mol. The summed E-state index contributed by atoms with van der Waals surface area (Å²) in [6.07, 6.45) is 0. The molecule has 2 aliphatic rings. The summed E-state index contributed by atoms with van der Waals surface area (Å²) in [7, 11) is 1.26. The zero-order valence-electron chi connectivity index (χ0n) is 17.0. The number of β-amino-alcohol motifs (C(OH)–C–C–N with tert-alkyl or cyclic N) is 1. The summed E-state index contributed by atoms with van der Waals surface area (Å²) in [5, 5.41) is 12.8. The second-order valence-electron chi connectivity index (χ2n) is 7.05. The number of aliphatic hydroxyl groups excluding tert-OH is 1. The third-order valence-electron chi connectivity index (χ3n) is 5.24. The molecule has 0 bridgehead atoms. The number of methoxy groups -OCH3 is 1. The Morgan fingerprint density at radius 3 is 2.53 bits per heavy atom. The molecule has 30 heavy (non-hydrogen) atoms. The van der Waals surface area contributed by atoms with Crippen molar-refractivity contribution in [3.05, 3.63) is 34.5 Å². The number of para-hydroxylation sites is 1. The predicted octanol–water partition coefficient (Wildman–Crippen LogP) is 0.682. The van der Waals surface area contributed by atoms with Crippen LogP contribution in [0.3, 0.4) is 0 Å². The molecule has 0 aromatic heterocycles. The van der Waals surface area contributed by atoms with Crippen LogP contribution in [0.4, 0.5) is 11.4 Å². The van der Waals surface area contributed by atoms with Gasteiger partial charge in [-0.3, -0.25) is 9.59 Å². The van der Waals surface area contributed by atoms with E-state index in [0.29, 0.717) is 42.6 Å². The van der Waals surface area contributed by atoms with Crippen LogP contribution in [0.2, 0.25) is 5.02 Å². The van der Waals surface area contributed by atoms with E-state index in [0.717, 1.165) is 0 Å². The minimum absolute atomic E-state index is 0.0283. The highest BCUT2D eigenvalue weighted by molar-refractivity contribution is 6.34. The van der Waals surface area contributed by atoms with E-state index in [1.165, 1.54) is 12.0 Å². The van der Waals surface area contributed by atoms with Crippen molar-refractivity contribution in [2.24, 2.45) is 0 Å².